The minimum absolute atomic E-state index is 0.0355. The van der Waals surface area contributed by atoms with Gasteiger partial charge in [-0.05, 0) is 43.9 Å². The van der Waals surface area contributed by atoms with E-state index in [9.17, 15) is 19.2 Å². The minimum Gasteiger partial charge on any atom is -0.447 e. The molecule has 1 aromatic heterocycles. The molecule has 2 aromatic rings. The lowest BCUT2D eigenvalue weighted by Gasteiger charge is -2.23. The monoisotopic (exact) mass is 563 g/mol. The zero-order valence-corrected chi connectivity index (χ0v) is 23.0. The number of carbonyl (C=O) groups excluding carboxylic acids is 4. The van der Waals surface area contributed by atoms with Crippen LogP contribution in [0.15, 0.2) is 41.2 Å². The molecule has 216 valence electrons. The number of ether oxygens (including phenoxy) is 1. The molecule has 1 aromatic carbocycles. The van der Waals surface area contributed by atoms with E-state index >= 15 is 0 Å². The Bertz CT molecular complexity index is 1350. The Morgan fingerprint density at radius 2 is 1.98 bits per heavy atom. The van der Waals surface area contributed by atoms with Gasteiger partial charge in [0.25, 0.3) is 18.3 Å². The maximum atomic E-state index is 13.1. The van der Waals surface area contributed by atoms with E-state index in [0.717, 1.165) is 17.5 Å². The van der Waals surface area contributed by atoms with Crippen LogP contribution in [0.4, 0.5) is 5.69 Å². The number of nitrogens with one attached hydrogen (secondary N) is 1. The molecule has 0 aliphatic carbocycles. The number of benzene rings is 1. The van der Waals surface area contributed by atoms with Gasteiger partial charge in [0.15, 0.2) is 6.73 Å². The number of amidine groups is 1. The van der Waals surface area contributed by atoms with Gasteiger partial charge in [-0.2, -0.15) is 0 Å². The fourth-order valence-electron chi connectivity index (χ4n) is 4.71. The van der Waals surface area contributed by atoms with Gasteiger partial charge in [0.1, 0.15) is 11.9 Å². The Kier molecular flexibility index (Phi) is 9.74. The van der Waals surface area contributed by atoms with Gasteiger partial charge in [-0.1, -0.05) is 19.1 Å². The fraction of sp³-hybridized carbons (Fsp3) is 0.393. The number of aromatic nitrogens is 2. The molecule has 13 heteroatoms. The number of amides is 3. The van der Waals surface area contributed by atoms with E-state index in [1.807, 2.05) is 32.0 Å². The quantitative estimate of drug-likeness (QED) is 0.180. The fourth-order valence-corrected chi connectivity index (χ4v) is 4.71. The number of carbonyl (C=O) groups is 4. The third-order valence-corrected chi connectivity index (χ3v) is 6.60. The number of nitrogens with two attached hydrogens (primary N) is 1. The second-order valence-electron chi connectivity index (χ2n) is 9.45. The van der Waals surface area contributed by atoms with Gasteiger partial charge >= 0.3 is 0 Å². The molecule has 2 aliphatic heterocycles. The molecule has 0 spiro atoms. The Morgan fingerprint density at radius 1 is 1.20 bits per heavy atom. The highest BCUT2D eigenvalue weighted by atomic mass is 16.7. The number of hydroxylamine groups is 2. The second kappa shape index (κ2) is 13.6. The average molecular weight is 564 g/mol. The van der Waals surface area contributed by atoms with Gasteiger partial charge in [0.2, 0.25) is 11.7 Å². The van der Waals surface area contributed by atoms with Gasteiger partial charge in [-0.3, -0.25) is 24.0 Å². The molecule has 0 unspecified atom stereocenters. The SMILES string of the molecule is CCCN(OCC)C(=O)C1=Cc2ccc(-c3cnc(C(=O)N4CCC[C@H]4C(=O)NCOC=O)nc3)cc2N=C(N)C1. The van der Waals surface area contributed by atoms with E-state index in [-0.39, 0.29) is 31.4 Å². The summed E-state index contributed by atoms with van der Waals surface area (Å²) in [4.78, 5) is 68.9. The number of nitrogens with zero attached hydrogens (tertiary/aromatic N) is 5. The molecule has 1 atom stereocenters. The van der Waals surface area contributed by atoms with Gasteiger partial charge in [0.05, 0.1) is 12.3 Å². The van der Waals surface area contributed by atoms with Crippen LogP contribution in [-0.4, -0.2) is 82.4 Å². The summed E-state index contributed by atoms with van der Waals surface area (Å²) in [5.74, 6) is -0.853. The highest BCUT2D eigenvalue weighted by Crippen LogP contribution is 2.32. The van der Waals surface area contributed by atoms with Crippen molar-refractivity contribution in [3.63, 3.8) is 0 Å². The minimum atomic E-state index is -0.693. The zero-order chi connectivity index (χ0) is 29.4. The van der Waals surface area contributed by atoms with Crippen LogP contribution in [0, 0.1) is 0 Å². The summed E-state index contributed by atoms with van der Waals surface area (Å²) in [6.45, 7) is 5.00. The first-order valence-corrected chi connectivity index (χ1v) is 13.4. The van der Waals surface area contributed by atoms with Crippen LogP contribution in [0.25, 0.3) is 17.2 Å². The molecule has 0 saturated carbocycles. The van der Waals surface area contributed by atoms with Crippen LogP contribution in [0.1, 0.15) is 55.7 Å². The van der Waals surface area contributed by atoms with Gasteiger partial charge in [-0.25, -0.2) is 20.0 Å². The zero-order valence-electron chi connectivity index (χ0n) is 23.0. The summed E-state index contributed by atoms with van der Waals surface area (Å²) in [7, 11) is 0. The highest BCUT2D eigenvalue weighted by Gasteiger charge is 2.35. The van der Waals surface area contributed by atoms with Crippen LogP contribution in [-0.2, 0) is 24.0 Å². The first-order chi connectivity index (χ1) is 19.9. The lowest BCUT2D eigenvalue weighted by molar-refractivity contribution is -0.180. The van der Waals surface area contributed by atoms with Gasteiger partial charge in [-0.15, -0.1) is 0 Å². The first-order valence-electron chi connectivity index (χ1n) is 13.4. The smallest absolute Gasteiger partial charge is 0.294 e. The molecular formula is C28H33N7O6. The Balaban J connectivity index is 1.51. The Labute approximate surface area is 237 Å². The molecule has 0 bridgehead atoms. The average Bonchev–Trinajstić information content (AvgIpc) is 3.40. The topological polar surface area (TPSA) is 169 Å². The van der Waals surface area contributed by atoms with Crippen molar-refractivity contribution in [2.75, 3.05) is 26.4 Å². The summed E-state index contributed by atoms with van der Waals surface area (Å²) in [6, 6.07) is 4.82. The molecule has 3 amide bonds. The summed E-state index contributed by atoms with van der Waals surface area (Å²) in [5, 5.41) is 3.83. The van der Waals surface area contributed by atoms with Crippen LogP contribution < -0.4 is 11.1 Å². The van der Waals surface area contributed by atoms with Crippen molar-refractivity contribution >= 4 is 41.8 Å². The Hall–Kier alpha value is -4.65. The molecule has 3 N–H and O–H groups in total. The number of fused-ring (bicyclic) bond motifs is 1. The van der Waals surface area contributed by atoms with Crippen LogP contribution in [0.2, 0.25) is 0 Å². The van der Waals surface area contributed by atoms with Crippen LogP contribution in [0.3, 0.4) is 0 Å². The number of aliphatic imine (C=N–C) groups is 1. The van der Waals surface area contributed by atoms with Crippen molar-refractivity contribution in [2.24, 2.45) is 10.7 Å². The van der Waals surface area contributed by atoms with Gasteiger partial charge in [0, 0.05) is 48.6 Å². The molecule has 1 saturated heterocycles. The largest absolute Gasteiger partial charge is 0.447 e. The summed E-state index contributed by atoms with van der Waals surface area (Å²) in [6.07, 6.45) is 6.92. The molecule has 1 fully saturated rings. The molecule has 41 heavy (non-hydrogen) atoms. The first kappa shape index (κ1) is 29.3. The molecule has 13 nitrogen and oxygen atoms in total. The van der Waals surface area contributed by atoms with E-state index in [2.05, 4.69) is 25.0 Å². The van der Waals surface area contributed by atoms with Crippen molar-refractivity contribution in [3.8, 4) is 11.1 Å². The van der Waals surface area contributed by atoms with E-state index in [1.54, 1.807) is 6.08 Å². The van der Waals surface area contributed by atoms with Crippen molar-refractivity contribution in [3.05, 3.63) is 47.6 Å². The molecule has 4 rings (SSSR count). The van der Waals surface area contributed by atoms with Gasteiger partial charge < -0.3 is 20.7 Å². The standard InChI is InChI=1S/C28H33N7O6/c1-3-9-35(41-4-2)27(38)20-11-19-8-7-18(12-22(19)33-24(29)13-20)21-14-30-25(31-15-21)28(39)34-10-5-6-23(34)26(37)32-16-40-17-36/h7-8,11-12,14-15,17,23H,3-6,9-10,13,16H2,1-2H3,(H2,29,33)(H,32,37)/t23-/m0/s1. The van der Waals surface area contributed by atoms with Crippen LogP contribution >= 0.6 is 0 Å². The van der Waals surface area contributed by atoms with E-state index in [1.165, 1.54) is 22.4 Å². The number of hydrogen-bond donors (Lipinski definition) is 2. The number of hydrogen-bond acceptors (Lipinski definition) is 10. The van der Waals surface area contributed by atoms with Crippen molar-refractivity contribution in [1.82, 2.24) is 25.2 Å². The lowest BCUT2D eigenvalue weighted by Crippen LogP contribution is -2.46. The third-order valence-electron chi connectivity index (χ3n) is 6.60. The van der Waals surface area contributed by atoms with Crippen molar-refractivity contribution in [1.29, 1.82) is 0 Å². The summed E-state index contributed by atoms with van der Waals surface area (Å²) < 4.78 is 4.51. The van der Waals surface area contributed by atoms with E-state index < -0.39 is 17.9 Å². The number of rotatable bonds is 11. The predicted molar refractivity (Wildman–Crippen MR) is 149 cm³/mol. The van der Waals surface area contributed by atoms with E-state index in [4.69, 9.17) is 10.6 Å². The molecule has 0 radical (unpaired) electrons. The van der Waals surface area contributed by atoms with Crippen molar-refractivity contribution < 1.29 is 28.8 Å². The maximum Gasteiger partial charge on any atom is 0.294 e. The maximum absolute atomic E-state index is 13.1. The normalized spacial score (nSPS) is 16.1. The number of likely N-dealkylation sites (tertiary alicyclic amines) is 1. The highest BCUT2D eigenvalue weighted by molar-refractivity contribution is 6.05. The molecular weight excluding hydrogens is 530 g/mol. The summed E-state index contributed by atoms with van der Waals surface area (Å²) in [5.41, 5.74) is 9.37. The summed E-state index contributed by atoms with van der Waals surface area (Å²) >= 11 is 0. The second-order valence-corrected chi connectivity index (χ2v) is 9.45. The van der Waals surface area contributed by atoms with E-state index in [0.29, 0.717) is 55.2 Å². The van der Waals surface area contributed by atoms with Crippen molar-refractivity contribution in [2.45, 2.75) is 45.6 Å². The molecule has 3 heterocycles. The predicted octanol–water partition coefficient (Wildman–Crippen LogP) is 1.96. The Morgan fingerprint density at radius 3 is 2.68 bits per heavy atom. The molecule has 2 aliphatic rings. The lowest BCUT2D eigenvalue weighted by atomic mass is 10.0. The third kappa shape index (κ3) is 6.92. The van der Waals surface area contributed by atoms with Crippen LogP contribution in [0.5, 0.6) is 0 Å².